The minimum Gasteiger partial charge on any atom is -0.492 e. The fraction of sp³-hybridized carbons (Fsp3) is 0.250. The summed E-state index contributed by atoms with van der Waals surface area (Å²) in [7, 11) is 0. The van der Waals surface area contributed by atoms with E-state index in [1.54, 1.807) is 12.1 Å². The Kier molecular flexibility index (Phi) is 3.80. The molecule has 2 aromatic carbocycles. The molecule has 116 valence electrons. The Balaban J connectivity index is 1.99. The molecule has 0 unspecified atom stereocenters. The summed E-state index contributed by atoms with van der Waals surface area (Å²) in [5.41, 5.74) is 3.92. The van der Waals surface area contributed by atoms with E-state index in [4.69, 9.17) is 4.74 Å². The minimum atomic E-state index is -4.68. The van der Waals surface area contributed by atoms with Crippen LogP contribution >= 0.6 is 15.9 Å². The number of hydrogen-bond donors (Lipinski definition) is 0. The van der Waals surface area contributed by atoms with Crippen molar-refractivity contribution in [1.82, 2.24) is 0 Å². The third-order valence-electron chi connectivity index (χ3n) is 3.60. The first-order valence-electron chi connectivity index (χ1n) is 6.66. The molecule has 1 aliphatic rings. The van der Waals surface area contributed by atoms with Crippen LogP contribution in [-0.4, -0.2) is 13.0 Å². The predicted octanol–water partition coefficient (Wildman–Crippen LogP) is 5.26. The van der Waals surface area contributed by atoms with Crippen LogP contribution in [-0.2, 0) is 6.42 Å². The van der Waals surface area contributed by atoms with Crippen molar-refractivity contribution in [2.75, 3.05) is 6.61 Å². The molecule has 0 aliphatic carbocycles. The SMILES string of the molecule is Cc1c(Br)cc(-c2ccc(OC(F)(F)F)cc2)c2c1CCO2. The van der Waals surface area contributed by atoms with Crippen LogP contribution in [0.1, 0.15) is 11.1 Å². The van der Waals surface area contributed by atoms with Crippen molar-refractivity contribution in [2.24, 2.45) is 0 Å². The molecule has 0 fully saturated rings. The number of alkyl halides is 3. The van der Waals surface area contributed by atoms with Crippen LogP contribution in [0, 0.1) is 6.92 Å². The molecular weight excluding hydrogens is 361 g/mol. The Morgan fingerprint density at radius 1 is 1.18 bits per heavy atom. The van der Waals surface area contributed by atoms with Gasteiger partial charge in [0.2, 0.25) is 0 Å². The van der Waals surface area contributed by atoms with Gasteiger partial charge in [0.1, 0.15) is 11.5 Å². The first kappa shape index (κ1) is 15.2. The molecule has 2 nitrogen and oxygen atoms in total. The molecule has 3 rings (SSSR count). The first-order chi connectivity index (χ1) is 10.3. The van der Waals surface area contributed by atoms with Crippen LogP contribution in [0.3, 0.4) is 0 Å². The Bertz CT molecular complexity index is 709. The van der Waals surface area contributed by atoms with E-state index < -0.39 is 6.36 Å². The van der Waals surface area contributed by atoms with Gasteiger partial charge in [0.25, 0.3) is 0 Å². The third-order valence-corrected chi connectivity index (χ3v) is 4.42. The summed E-state index contributed by atoms with van der Waals surface area (Å²) < 4.78 is 47.1. The van der Waals surface area contributed by atoms with Gasteiger partial charge in [-0.05, 0) is 36.2 Å². The Morgan fingerprint density at radius 2 is 1.86 bits per heavy atom. The molecule has 22 heavy (non-hydrogen) atoms. The van der Waals surface area contributed by atoms with Crippen LogP contribution in [0.4, 0.5) is 13.2 Å². The average Bonchev–Trinajstić information content (AvgIpc) is 2.92. The molecule has 1 aliphatic heterocycles. The summed E-state index contributed by atoms with van der Waals surface area (Å²) in [4.78, 5) is 0. The van der Waals surface area contributed by atoms with Gasteiger partial charge < -0.3 is 9.47 Å². The van der Waals surface area contributed by atoms with E-state index in [9.17, 15) is 13.2 Å². The summed E-state index contributed by atoms with van der Waals surface area (Å²) >= 11 is 3.52. The van der Waals surface area contributed by atoms with Crippen LogP contribution in [0.2, 0.25) is 0 Å². The summed E-state index contributed by atoms with van der Waals surface area (Å²) in [5.74, 6) is 0.574. The van der Waals surface area contributed by atoms with Crippen LogP contribution in [0.15, 0.2) is 34.8 Å². The van der Waals surface area contributed by atoms with Crippen molar-refractivity contribution < 1.29 is 22.6 Å². The second kappa shape index (κ2) is 5.50. The fourth-order valence-electron chi connectivity index (χ4n) is 2.55. The molecule has 0 atom stereocenters. The van der Waals surface area contributed by atoms with Crippen molar-refractivity contribution in [3.8, 4) is 22.6 Å². The summed E-state index contributed by atoms with van der Waals surface area (Å²) in [5, 5.41) is 0. The fourth-order valence-corrected chi connectivity index (χ4v) is 3.02. The van der Waals surface area contributed by atoms with Crippen molar-refractivity contribution in [3.63, 3.8) is 0 Å². The van der Waals surface area contributed by atoms with Gasteiger partial charge in [-0.15, -0.1) is 13.2 Å². The van der Waals surface area contributed by atoms with Gasteiger partial charge in [-0.25, -0.2) is 0 Å². The van der Waals surface area contributed by atoms with Crippen molar-refractivity contribution in [2.45, 2.75) is 19.7 Å². The molecule has 2 aromatic rings. The molecule has 0 aromatic heterocycles. The van der Waals surface area contributed by atoms with Crippen LogP contribution in [0.25, 0.3) is 11.1 Å². The zero-order valence-electron chi connectivity index (χ0n) is 11.6. The van der Waals surface area contributed by atoms with E-state index in [2.05, 4.69) is 20.7 Å². The molecule has 0 amide bonds. The largest absolute Gasteiger partial charge is 0.573 e. The number of hydrogen-bond acceptors (Lipinski definition) is 2. The molecule has 0 spiro atoms. The molecule has 0 bridgehead atoms. The van der Waals surface area contributed by atoms with E-state index >= 15 is 0 Å². The van der Waals surface area contributed by atoms with Crippen molar-refractivity contribution in [3.05, 3.63) is 45.9 Å². The highest BCUT2D eigenvalue weighted by atomic mass is 79.9. The topological polar surface area (TPSA) is 18.5 Å². The van der Waals surface area contributed by atoms with Crippen molar-refractivity contribution >= 4 is 15.9 Å². The lowest BCUT2D eigenvalue weighted by atomic mass is 9.97. The van der Waals surface area contributed by atoms with Gasteiger partial charge in [-0.1, -0.05) is 28.1 Å². The van der Waals surface area contributed by atoms with E-state index in [1.165, 1.54) is 12.1 Å². The number of benzene rings is 2. The van der Waals surface area contributed by atoms with Gasteiger partial charge in [-0.3, -0.25) is 0 Å². The summed E-state index contributed by atoms with van der Waals surface area (Å²) in [6, 6.07) is 7.73. The molecule has 0 saturated heterocycles. The normalized spacial score (nSPS) is 13.7. The highest BCUT2D eigenvalue weighted by Gasteiger charge is 2.31. The molecule has 6 heteroatoms. The lowest BCUT2D eigenvalue weighted by Gasteiger charge is -2.13. The smallest absolute Gasteiger partial charge is 0.492 e. The Hall–Kier alpha value is -1.69. The van der Waals surface area contributed by atoms with E-state index in [-0.39, 0.29) is 5.75 Å². The highest BCUT2D eigenvalue weighted by molar-refractivity contribution is 9.10. The Labute approximate surface area is 134 Å². The maximum absolute atomic E-state index is 12.2. The molecule has 0 radical (unpaired) electrons. The molecule has 1 heterocycles. The van der Waals surface area contributed by atoms with E-state index in [1.807, 2.05) is 13.0 Å². The number of ether oxygens (including phenoxy) is 2. The number of halogens is 4. The number of rotatable bonds is 2. The van der Waals surface area contributed by atoms with Gasteiger partial charge in [-0.2, -0.15) is 0 Å². The highest BCUT2D eigenvalue weighted by Crippen LogP contribution is 2.42. The lowest BCUT2D eigenvalue weighted by molar-refractivity contribution is -0.274. The van der Waals surface area contributed by atoms with Gasteiger partial charge in [0.15, 0.2) is 0 Å². The third kappa shape index (κ3) is 2.92. The average molecular weight is 373 g/mol. The maximum atomic E-state index is 12.2. The van der Waals surface area contributed by atoms with Crippen molar-refractivity contribution in [1.29, 1.82) is 0 Å². The van der Waals surface area contributed by atoms with E-state index in [0.717, 1.165) is 38.9 Å². The molecular formula is C16H12BrF3O2. The first-order valence-corrected chi connectivity index (χ1v) is 7.45. The second-order valence-electron chi connectivity index (χ2n) is 5.01. The van der Waals surface area contributed by atoms with Gasteiger partial charge in [0.05, 0.1) is 6.61 Å². The van der Waals surface area contributed by atoms with Crippen LogP contribution < -0.4 is 9.47 Å². The minimum absolute atomic E-state index is 0.236. The van der Waals surface area contributed by atoms with Gasteiger partial charge in [0, 0.05) is 22.0 Å². The Morgan fingerprint density at radius 3 is 2.50 bits per heavy atom. The number of fused-ring (bicyclic) bond motifs is 1. The van der Waals surface area contributed by atoms with Crippen LogP contribution in [0.5, 0.6) is 11.5 Å². The van der Waals surface area contributed by atoms with Gasteiger partial charge >= 0.3 is 6.36 Å². The summed E-state index contributed by atoms with van der Waals surface area (Å²) in [6.45, 7) is 2.64. The zero-order valence-corrected chi connectivity index (χ0v) is 13.2. The predicted molar refractivity (Wildman–Crippen MR) is 80.2 cm³/mol. The summed E-state index contributed by atoms with van der Waals surface area (Å²) in [6.07, 6.45) is -3.85. The second-order valence-corrected chi connectivity index (χ2v) is 5.86. The molecule has 0 saturated carbocycles. The quantitative estimate of drug-likeness (QED) is 0.715. The monoisotopic (exact) mass is 372 g/mol. The maximum Gasteiger partial charge on any atom is 0.573 e. The van der Waals surface area contributed by atoms with E-state index in [0.29, 0.717) is 6.61 Å². The zero-order chi connectivity index (χ0) is 15.9. The standard InChI is InChI=1S/C16H12BrF3O2/c1-9-12-6-7-21-15(12)13(8-14(9)17)10-2-4-11(5-3-10)22-16(18,19)20/h2-5,8H,6-7H2,1H3. The molecule has 0 N–H and O–H groups in total. The lowest BCUT2D eigenvalue weighted by Crippen LogP contribution is -2.16.